The summed E-state index contributed by atoms with van der Waals surface area (Å²) in [5, 5.41) is 11.2. The molecule has 0 aliphatic carbocycles. The molecule has 0 bridgehead atoms. The molecular weight excluding hydrogens is 316 g/mol. The second-order valence-corrected chi connectivity index (χ2v) is 5.59. The lowest BCUT2D eigenvalue weighted by atomic mass is 10.2. The SMILES string of the molecule is NC(CC(=O)O)c1nc(-c2ccc(Br)cc2)cs1. The first-order valence-corrected chi connectivity index (χ1v) is 6.92. The molecule has 1 unspecified atom stereocenters. The molecule has 6 heteroatoms. The van der Waals surface area contributed by atoms with Crippen molar-refractivity contribution >= 4 is 33.2 Å². The topological polar surface area (TPSA) is 76.2 Å². The fourth-order valence-corrected chi connectivity index (χ4v) is 2.58. The molecular formula is C12H11BrN2O2S. The minimum absolute atomic E-state index is 0.104. The lowest BCUT2D eigenvalue weighted by molar-refractivity contribution is -0.137. The summed E-state index contributed by atoms with van der Waals surface area (Å²) in [6, 6.07) is 7.23. The smallest absolute Gasteiger partial charge is 0.305 e. The first-order valence-electron chi connectivity index (χ1n) is 5.25. The van der Waals surface area contributed by atoms with Gasteiger partial charge in [0.2, 0.25) is 0 Å². The second-order valence-electron chi connectivity index (χ2n) is 3.78. The van der Waals surface area contributed by atoms with Crippen molar-refractivity contribution < 1.29 is 9.90 Å². The van der Waals surface area contributed by atoms with E-state index >= 15 is 0 Å². The Morgan fingerprint density at radius 2 is 2.11 bits per heavy atom. The summed E-state index contributed by atoms with van der Waals surface area (Å²) in [5.41, 5.74) is 7.58. The normalized spacial score (nSPS) is 12.3. The summed E-state index contributed by atoms with van der Waals surface area (Å²) < 4.78 is 1.00. The number of carboxylic acid groups (broad SMARTS) is 1. The lowest BCUT2D eigenvalue weighted by Gasteiger charge is -2.03. The molecule has 1 aromatic heterocycles. The van der Waals surface area contributed by atoms with Crippen molar-refractivity contribution in [3.63, 3.8) is 0 Å². The van der Waals surface area contributed by atoms with Gasteiger partial charge in [-0.3, -0.25) is 4.79 Å². The number of carboxylic acids is 1. The van der Waals surface area contributed by atoms with Gasteiger partial charge in [0.15, 0.2) is 0 Å². The van der Waals surface area contributed by atoms with E-state index in [9.17, 15) is 4.79 Å². The second kappa shape index (κ2) is 5.60. The van der Waals surface area contributed by atoms with Crippen LogP contribution >= 0.6 is 27.3 Å². The number of carbonyl (C=O) groups is 1. The third-order valence-corrected chi connectivity index (χ3v) is 3.88. The number of hydrogen-bond acceptors (Lipinski definition) is 4. The van der Waals surface area contributed by atoms with Gasteiger partial charge in [-0.2, -0.15) is 0 Å². The number of nitrogens with two attached hydrogens (primary N) is 1. The van der Waals surface area contributed by atoms with E-state index in [-0.39, 0.29) is 6.42 Å². The number of benzene rings is 1. The van der Waals surface area contributed by atoms with Crippen molar-refractivity contribution in [2.24, 2.45) is 5.73 Å². The quantitative estimate of drug-likeness (QED) is 0.905. The molecule has 2 aromatic rings. The summed E-state index contributed by atoms with van der Waals surface area (Å²) in [7, 11) is 0. The molecule has 4 nitrogen and oxygen atoms in total. The Kier molecular flexibility index (Phi) is 4.11. The molecule has 3 N–H and O–H groups in total. The predicted octanol–water partition coefficient (Wildman–Crippen LogP) is 3.05. The minimum Gasteiger partial charge on any atom is -0.481 e. The Bertz CT molecular complexity index is 553. The summed E-state index contributed by atoms with van der Waals surface area (Å²) in [4.78, 5) is 15.0. The predicted molar refractivity (Wildman–Crippen MR) is 74.4 cm³/mol. The van der Waals surface area contributed by atoms with Gasteiger partial charge in [0.05, 0.1) is 18.2 Å². The van der Waals surface area contributed by atoms with Crippen LogP contribution in [0.5, 0.6) is 0 Å². The van der Waals surface area contributed by atoms with Gasteiger partial charge in [0.1, 0.15) is 5.01 Å². The van der Waals surface area contributed by atoms with Crippen LogP contribution in [-0.2, 0) is 4.79 Å². The van der Waals surface area contributed by atoms with Crippen molar-refractivity contribution in [2.45, 2.75) is 12.5 Å². The molecule has 0 saturated carbocycles. The van der Waals surface area contributed by atoms with Gasteiger partial charge in [-0.25, -0.2) is 4.98 Å². The highest BCUT2D eigenvalue weighted by Crippen LogP contribution is 2.26. The van der Waals surface area contributed by atoms with Gasteiger partial charge in [0.25, 0.3) is 0 Å². The Hall–Kier alpha value is -1.24. The maximum Gasteiger partial charge on any atom is 0.305 e. The summed E-state index contributed by atoms with van der Waals surface area (Å²) in [6.45, 7) is 0. The van der Waals surface area contributed by atoms with Gasteiger partial charge < -0.3 is 10.8 Å². The minimum atomic E-state index is -0.914. The van der Waals surface area contributed by atoms with Crippen LogP contribution in [0.3, 0.4) is 0 Å². The highest BCUT2D eigenvalue weighted by molar-refractivity contribution is 9.10. The van der Waals surface area contributed by atoms with E-state index in [0.717, 1.165) is 15.7 Å². The Morgan fingerprint density at radius 1 is 1.44 bits per heavy atom. The van der Waals surface area contributed by atoms with Crippen molar-refractivity contribution in [3.8, 4) is 11.3 Å². The number of hydrogen-bond donors (Lipinski definition) is 2. The summed E-state index contributed by atoms with van der Waals surface area (Å²) in [6.07, 6.45) is -0.104. The Morgan fingerprint density at radius 3 is 2.72 bits per heavy atom. The monoisotopic (exact) mass is 326 g/mol. The lowest BCUT2D eigenvalue weighted by Crippen LogP contribution is -2.14. The van der Waals surface area contributed by atoms with Gasteiger partial charge in [-0.05, 0) is 12.1 Å². The van der Waals surface area contributed by atoms with Crippen LogP contribution in [-0.4, -0.2) is 16.1 Å². The largest absolute Gasteiger partial charge is 0.481 e. The van der Waals surface area contributed by atoms with Gasteiger partial charge in [-0.1, -0.05) is 28.1 Å². The third-order valence-electron chi connectivity index (χ3n) is 2.37. The highest BCUT2D eigenvalue weighted by atomic mass is 79.9. The molecule has 0 amide bonds. The zero-order valence-electron chi connectivity index (χ0n) is 9.34. The van der Waals surface area contributed by atoms with Crippen LogP contribution in [0.2, 0.25) is 0 Å². The molecule has 0 radical (unpaired) electrons. The van der Waals surface area contributed by atoms with Crippen molar-refractivity contribution in [1.82, 2.24) is 4.98 Å². The average Bonchev–Trinajstić information content (AvgIpc) is 2.78. The zero-order chi connectivity index (χ0) is 13.1. The van der Waals surface area contributed by atoms with E-state index in [0.29, 0.717) is 5.01 Å². The number of halogens is 1. The maximum absolute atomic E-state index is 10.6. The van der Waals surface area contributed by atoms with E-state index < -0.39 is 12.0 Å². The van der Waals surface area contributed by atoms with E-state index in [1.54, 1.807) is 0 Å². The van der Waals surface area contributed by atoms with Crippen LogP contribution in [0.15, 0.2) is 34.1 Å². The van der Waals surface area contributed by atoms with Crippen molar-refractivity contribution in [1.29, 1.82) is 0 Å². The van der Waals surface area contributed by atoms with Gasteiger partial charge in [0, 0.05) is 15.4 Å². The number of nitrogens with zero attached hydrogens (tertiary/aromatic N) is 1. The third kappa shape index (κ3) is 3.16. The van der Waals surface area contributed by atoms with Gasteiger partial charge >= 0.3 is 5.97 Å². The first-order chi connectivity index (χ1) is 8.56. The molecule has 0 spiro atoms. The molecule has 0 aliphatic rings. The van der Waals surface area contributed by atoms with Crippen LogP contribution in [0, 0.1) is 0 Å². The van der Waals surface area contributed by atoms with Crippen molar-refractivity contribution in [3.05, 3.63) is 39.1 Å². The molecule has 0 saturated heterocycles. The Labute approximate surface area is 117 Å². The molecule has 1 atom stereocenters. The Balaban J connectivity index is 2.19. The maximum atomic E-state index is 10.6. The molecule has 1 heterocycles. The first kappa shape index (κ1) is 13.2. The highest BCUT2D eigenvalue weighted by Gasteiger charge is 2.15. The molecule has 18 heavy (non-hydrogen) atoms. The average molecular weight is 327 g/mol. The molecule has 0 fully saturated rings. The van der Waals surface area contributed by atoms with E-state index in [4.69, 9.17) is 10.8 Å². The van der Waals surface area contributed by atoms with E-state index in [1.165, 1.54) is 11.3 Å². The number of rotatable bonds is 4. The van der Waals surface area contributed by atoms with E-state index in [2.05, 4.69) is 20.9 Å². The number of aliphatic carboxylic acids is 1. The molecule has 1 aromatic carbocycles. The standard InChI is InChI=1S/C12H11BrN2O2S/c13-8-3-1-7(2-4-8)10-6-18-12(15-10)9(14)5-11(16)17/h1-4,6,9H,5,14H2,(H,16,17). The van der Waals surface area contributed by atoms with Crippen molar-refractivity contribution in [2.75, 3.05) is 0 Å². The molecule has 0 aliphatic heterocycles. The van der Waals surface area contributed by atoms with Crippen LogP contribution in [0.4, 0.5) is 0 Å². The summed E-state index contributed by atoms with van der Waals surface area (Å²) in [5.74, 6) is -0.914. The van der Waals surface area contributed by atoms with Crippen LogP contribution in [0.25, 0.3) is 11.3 Å². The van der Waals surface area contributed by atoms with E-state index in [1.807, 2.05) is 29.6 Å². The van der Waals surface area contributed by atoms with Crippen LogP contribution in [0.1, 0.15) is 17.5 Å². The fraction of sp³-hybridized carbons (Fsp3) is 0.167. The number of thiazole rings is 1. The summed E-state index contributed by atoms with van der Waals surface area (Å²) >= 11 is 4.76. The molecule has 2 rings (SSSR count). The molecule has 94 valence electrons. The zero-order valence-corrected chi connectivity index (χ0v) is 11.7. The number of aromatic nitrogens is 1. The fourth-order valence-electron chi connectivity index (χ4n) is 1.49. The van der Waals surface area contributed by atoms with Crippen LogP contribution < -0.4 is 5.73 Å². The van der Waals surface area contributed by atoms with Gasteiger partial charge in [-0.15, -0.1) is 11.3 Å².